The van der Waals surface area contributed by atoms with Gasteiger partial charge in [0.2, 0.25) is 5.91 Å². The van der Waals surface area contributed by atoms with E-state index in [1.165, 1.54) is 5.56 Å². The van der Waals surface area contributed by atoms with Crippen molar-refractivity contribution in [3.05, 3.63) is 65.7 Å². The van der Waals surface area contributed by atoms with E-state index in [-0.39, 0.29) is 11.8 Å². The quantitative estimate of drug-likeness (QED) is 0.803. The smallest absolute Gasteiger partial charge is 0.251 e. The molecule has 0 aromatic heterocycles. The lowest BCUT2D eigenvalue weighted by molar-refractivity contribution is -0.128. The van der Waals surface area contributed by atoms with Crippen molar-refractivity contribution in [3.8, 4) is 5.75 Å². The lowest BCUT2D eigenvalue weighted by atomic mass is 10.1. The predicted molar refractivity (Wildman–Crippen MR) is 97.7 cm³/mol. The number of nitrogens with one attached hydrogen (secondary N) is 1. The highest BCUT2D eigenvalue weighted by molar-refractivity contribution is 5.94. The number of benzene rings is 2. The Balaban J connectivity index is 1.82. The minimum Gasteiger partial charge on any atom is -0.497 e. The highest BCUT2D eigenvalue weighted by Gasteiger charge is 2.10. The molecule has 0 unspecified atom stereocenters. The third-order valence-corrected chi connectivity index (χ3v) is 3.96. The summed E-state index contributed by atoms with van der Waals surface area (Å²) in [5.41, 5.74) is 1.73. The molecule has 132 valence electrons. The van der Waals surface area contributed by atoms with Crippen molar-refractivity contribution in [1.29, 1.82) is 0 Å². The number of carbonyl (C=O) groups excluding carboxylic acids is 2. The van der Waals surface area contributed by atoms with Gasteiger partial charge in [-0.15, -0.1) is 0 Å². The lowest BCUT2D eigenvalue weighted by Gasteiger charge is -2.21. The van der Waals surface area contributed by atoms with Crippen LogP contribution < -0.4 is 10.1 Å². The fourth-order valence-electron chi connectivity index (χ4n) is 2.51. The highest BCUT2D eigenvalue weighted by atomic mass is 16.5. The van der Waals surface area contributed by atoms with Crippen LogP contribution in [0.25, 0.3) is 0 Å². The van der Waals surface area contributed by atoms with E-state index in [0.29, 0.717) is 30.9 Å². The summed E-state index contributed by atoms with van der Waals surface area (Å²) in [5, 5.41) is 2.85. The summed E-state index contributed by atoms with van der Waals surface area (Å²) in [5.74, 6) is 0.470. The van der Waals surface area contributed by atoms with E-state index >= 15 is 0 Å². The maximum absolute atomic E-state index is 12.2. The van der Waals surface area contributed by atoms with E-state index in [2.05, 4.69) is 5.32 Å². The van der Waals surface area contributed by atoms with Crippen LogP contribution >= 0.6 is 0 Å². The van der Waals surface area contributed by atoms with Gasteiger partial charge in [0.1, 0.15) is 5.75 Å². The van der Waals surface area contributed by atoms with Gasteiger partial charge >= 0.3 is 0 Å². The summed E-state index contributed by atoms with van der Waals surface area (Å²) in [4.78, 5) is 25.7. The van der Waals surface area contributed by atoms with Gasteiger partial charge in [0, 0.05) is 32.1 Å². The van der Waals surface area contributed by atoms with Crippen LogP contribution in [0, 0.1) is 0 Å². The molecule has 2 aromatic carbocycles. The van der Waals surface area contributed by atoms with Gasteiger partial charge in [-0.05, 0) is 30.2 Å². The SMILES string of the molecule is COc1cccc(C(=O)NCCN(CCc2ccccc2)C(C)=O)c1. The fraction of sp³-hybridized carbons (Fsp3) is 0.300. The molecule has 0 atom stereocenters. The molecule has 25 heavy (non-hydrogen) atoms. The Hall–Kier alpha value is -2.82. The molecule has 2 rings (SSSR count). The van der Waals surface area contributed by atoms with E-state index in [1.807, 2.05) is 30.3 Å². The molecule has 0 saturated carbocycles. The Morgan fingerprint density at radius 2 is 1.80 bits per heavy atom. The maximum Gasteiger partial charge on any atom is 0.251 e. The Kier molecular flexibility index (Phi) is 7.01. The number of carbonyl (C=O) groups is 2. The number of amides is 2. The van der Waals surface area contributed by atoms with E-state index in [4.69, 9.17) is 4.74 Å². The average molecular weight is 340 g/mol. The van der Waals surface area contributed by atoms with Crippen LogP contribution in [0.3, 0.4) is 0 Å². The van der Waals surface area contributed by atoms with E-state index in [0.717, 1.165) is 6.42 Å². The zero-order chi connectivity index (χ0) is 18.1. The van der Waals surface area contributed by atoms with Crippen molar-refractivity contribution in [3.63, 3.8) is 0 Å². The maximum atomic E-state index is 12.2. The van der Waals surface area contributed by atoms with Crippen molar-refractivity contribution in [2.24, 2.45) is 0 Å². The molecule has 0 saturated heterocycles. The molecule has 0 aliphatic heterocycles. The largest absolute Gasteiger partial charge is 0.497 e. The predicted octanol–water partition coefficient (Wildman–Crippen LogP) is 2.52. The number of hydrogen-bond donors (Lipinski definition) is 1. The number of methoxy groups -OCH3 is 1. The summed E-state index contributed by atoms with van der Waals surface area (Å²) < 4.78 is 5.12. The standard InChI is InChI=1S/C20H24N2O3/c1-16(23)22(13-11-17-7-4-3-5-8-17)14-12-21-20(24)18-9-6-10-19(15-18)25-2/h3-10,15H,11-14H2,1-2H3,(H,21,24). The van der Waals surface area contributed by atoms with Crippen LogP contribution in [0.2, 0.25) is 0 Å². The number of ether oxygens (including phenoxy) is 1. The molecular weight excluding hydrogens is 316 g/mol. The average Bonchev–Trinajstić information content (AvgIpc) is 2.64. The molecule has 1 N–H and O–H groups in total. The van der Waals surface area contributed by atoms with E-state index in [9.17, 15) is 9.59 Å². The zero-order valence-corrected chi connectivity index (χ0v) is 14.7. The van der Waals surface area contributed by atoms with Crippen molar-refractivity contribution in [2.45, 2.75) is 13.3 Å². The number of nitrogens with zero attached hydrogens (tertiary/aromatic N) is 1. The second-order valence-electron chi connectivity index (χ2n) is 5.73. The molecule has 2 aromatic rings. The first-order valence-electron chi connectivity index (χ1n) is 8.32. The van der Waals surface area contributed by atoms with Crippen LogP contribution in [0.15, 0.2) is 54.6 Å². The van der Waals surface area contributed by atoms with Gasteiger partial charge in [0.15, 0.2) is 0 Å². The van der Waals surface area contributed by atoms with Crippen LogP contribution in [0.5, 0.6) is 5.75 Å². The summed E-state index contributed by atoms with van der Waals surface area (Å²) in [6.07, 6.45) is 0.796. The third-order valence-electron chi connectivity index (χ3n) is 3.96. The van der Waals surface area contributed by atoms with Gasteiger partial charge in [-0.1, -0.05) is 36.4 Å². The lowest BCUT2D eigenvalue weighted by Crippen LogP contribution is -2.38. The minimum atomic E-state index is -0.175. The van der Waals surface area contributed by atoms with Gasteiger partial charge < -0.3 is 15.0 Å². The molecule has 5 nitrogen and oxygen atoms in total. The summed E-state index contributed by atoms with van der Waals surface area (Å²) >= 11 is 0. The van der Waals surface area contributed by atoms with Crippen molar-refractivity contribution in [1.82, 2.24) is 10.2 Å². The Bertz CT molecular complexity index is 701. The van der Waals surface area contributed by atoms with E-state index < -0.39 is 0 Å². The molecule has 0 spiro atoms. The molecule has 0 bridgehead atoms. The highest BCUT2D eigenvalue weighted by Crippen LogP contribution is 2.12. The van der Waals surface area contributed by atoms with Gasteiger partial charge in [-0.3, -0.25) is 9.59 Å². The van der Waals surface area contributed by atoms with Gasteiger partial charge in [0.05, 0.1) is 7.11 Å². The Morgan fingerprint density at radius 3 is 2.48 bits per heavy atom. The normalized spacial score (nSPS) is 10.2. The first-order chi connectivity index (χ1) is 12.1. The second kappa shape index (κ2) is 9.47. The molecule has 0 aliphatic rings. The first kappa shape index (κ1) is 18.5. The molecule has 2 amide bonds. The van der Waals surface area contributed by atoms with Gasteiger partial charge in [0.25, 0.3) is 5.91 Å². The Labute approximate surface area is 148 Å². The number of rotatable bonds is 8. The second-order valence-corrected chi connectivity index (χ2v) is 5.73. The van der Waals surface area contributed by atoms with Crippen molar-refractivity contribution in [2.75, 3.05) is 26.7 Å². The van der Waals surface area contributed by atoms with Gasteiger partial charge in [-0.25, -0.2) is 0 Å². The molecule has 0 heterocycles. The summed E-state index contributed by atoms with van der Waals surface area (Å²) in [6, 6.07) is 17.0. The molecule has 0 radical (unpaired) electrons. The zero-order valence-electron chi connectivity index (χ0n) is 14.7. The molecule has 5 heteroatoms. The van der Waals surface area contributed by atoms with Crippen molar-refractivity contribution >= 4 is 11.8 Å². The Morgan fingerprint density at radius 1 is 1.04 bits per heavy atom. The molecule has 0 fully saturated rings. The third kappa shape index (κ3) is 5.95. The first-order valence-corrected chi connectivity index (χ1v) is 8.32. The van der Waals surface area contributed by atoms with Crippen molar-refractivity contribution < 1.29 is 14.3 Å². The van der Waals surface area contributed by atoms with Crippen LogP contribution in [-0.2, 0) is 11.2 Å². The summed E-state index contributed by atoms with van der Waals surface area (Å²) in [6.45, 7) is 3.07. The fourth-order valence-corrected chi connectivity index (χ4v) is 2.51. The molecular formula is C20H24N2O3. The van der Waals surface area contributed by atoms with E-state index in [1.54, 1.807) is 43.2 Å². The minimum absolute atomic E-state index is 0.00607. The topological polar surface area (TPSA) is 58.6 Å². The molecule has 0 aliphatic carbocycles. The summed E-state index contributed by atoms with van der Waals surface area (Å²) in [7, 11) is 1.56. The van der Waals surface area contributed by atoms with Crippen LogP contribution in [0.4, 0.5) is 0 Å². The van der Waals surface area contributed by atoms with Crippen LogP contribution in [0.1, 0.15) is 22.8 Å². The number of hydrogen-bond acceptors (Lipinski definition) is 3. The van der Waals surface area contributed by atoms with Gasteiger partial charge in [-0.2, -0.15) is 0 Å². The monoisotopic (exact) mass is 340 g/mol. The van der Waals surface area contributed by atoms with Crippen LogP contribution in [-0.4, -0.2) is 43.5 Å².